The number of piperazine rings is 1. The van der Waals surface area contributed by atoms with E-state index in [1.54, 1.807) is 6.08 Å². The molecule has 2 aliphatic rings. The summed E-state index contributed by atoms with van der Waals surface area (Å²) in [6.45, 7) is 5.35. The van der Waals surface area contributed by atoms with Crippen molar-refractivity contribution in [1.29, 1.82) is 0 Å². The SMILES string of the molecule is O=C(CCC/C=C\C[C@@H]1[C@@H](/C=C/[C@@H](O)COc2cccc(C(F)(F)F)c2)[C@H](O)C[C@@H]1O)OCCCN1CCN(CCCO[N+](=O)[O-])CC1. The third kappa shape index (κ3) is 14.5. The van der Waals surface area contributed by atoms with E-state index in [2.05, 4.69) is 14.6 Å². The molecule has 5 atom stereocenters. The molecule has 0 spiro atoms. The number of aliphatic hydroxyl groups is 3. The second-order valence-electron chi connectivity index (χ2n) is 12.2. The molecule has 1 saturated heterocycles. The van der Waals surface area contributed by atoms with Crippen molar-refractivity contribution in [2.24, 2.45) is 11.8 Å². The monoisotopic (exact) mass is 687 g/mol. The number of carbonyl (C=O) groups is 1. The van der Waals surface area contributed by atoms with E-state index in [0.29, 0.717) is 38.7 Å². The van der Waals surface area contributed by atoms with Gasteiger partial charge in [0.05, 0.1) is 31.0 Å². The van der Waals surface area contributed by atoms with Crippen LogP contribution >= 0.6 is 0 Å². The summed E-state index contributed by atoms with van der Waals surface area (Å²) in [6, 6.07) is 4.38. The lowest BCUT2D eigenvalue weighted by atomic mass is 9.89. The number of alkyl halides is 3. The molecule has 0 aromatic heterocycles. The van der Waals surface area contributed by atoms with Crippen molar-refractivity contribution in [3.63, 3.8) is 0 Å². The topological polar surface area (TPSA) is 155 Å². The fraction of sp³-hybridized carbons (Fsp3) is 0.667. The third-order valence-electron chi connectivity index (χ3n) is 8.54. The van der Waals surface area contributed by atoms with Gasteiger partial charge >= 0.3 is 12.1 Å². The lowest BCUT2D eigenvalue weighted by molar-refractivity contribution is -0.757. The van der Waals surface area contributed by atoms with Crippen LogP contribution in [0.25, 0.3) is 0 Å². The number of carbonyl (C=O) groups excluding carboxylic acids is 1. The van der Waals surface area contributed by atoms with E-state index in [-0.39, 0.29) is 37.3 Å². The van der Waals surface area contributed by atoms with Crippen LogP contribution in [0.4, 0.5) is 13.2 Å². The van der Waals surface area contributed by atoms with Crippen molar-refractivity contribution < 1.29 is 52.7 Å². The van der Waals surface area contributed by atoms with Gasteiger partial charge in [0.2, 0.25) is 0 Å². The molecule has 0 unspecified atom stereocenters. The number of allylic oxidation sites excluding steroid dienone is 2. The number of ether oxygens (including phenoxy) is 2. The van der Waals surface area contributed by atoms with Crippen molar-refractivity contribution in [2.75, 3.05) is 59.1 Å². The van der Waals surface area contributed by atoms with E-state index in [1.807, 2.05) is 12.2 Å². The Morgan fingerprint density at radius 2 is 1.73 bits per heavy atom. The minimum Gasteiger partial charge on any atom is -0.491 e. The summed E-state index contributed by atoms with van der Waals surface area (Å²) in [5.41, 5.74) is -0.849. The number of hydrogen-bond acceptors (Lipinski definition) is 11. The molecule has 48 heavy (non-hydrogen) atoms. The lowest BCUT2D eigenvalue weighted by Gasteiger charge is -2.34. The molecule has 270 valence electrons. The van der Waals surface area contributed by atoms with E-state index in [1.165, 1.54) is 18.2 Å². The zero-order valence-corrected chi connectivity index (χ0v) is 27.1. The van der Waals surface area contributed by atoms with Gasteiger partial charge in [-0.2, -0.15) is 13.2 Å². The van der Waals surface area contributed by atoms with Gasteiger partial charge in [-0.1, -0.05) is 30.4 Å². The van der Waals surface area contributed by atoms with Crippen LogP contribution in [0.15, 0.2) is 48.6 Å². The highest BCUT2D eigenvalue weighted by Crippen LogP contribution is 2.36. The minimum atomic E-state index is -4.50. The molecule has 0 amide bonds. The van der Waals surface area contributed by atoms with Crippen LogP contribution in [-0.2, 0) is 20.5 Å². The van der Waals surface area contributed by atoms with Crippen LogP contribution in [-0.4, -0.2) is 114 Å². The van der Waals surface area contributed by atoms with Gasteiger partial charge in [0.25, 0.3) is 5.09 Å². The highest BCUT2D eigenvalue weighted by atomic mass is 19.4. The number of aliphatic hydroxyl groups excluding tert-OH is 3. The van der Waals surface area contributed by atoms with E-state index >= 15 is 0 Å². The molecule has 1 aliphatic heterocycles. The smallest absolute Gasteiger partial charge is 0.416 e. The molecule has 1 saturated carbocycles. The first-order valence-corrected chi connectivity index (χ1v) is 16.5. The number of rotatable bonds is 20. The zero-order valence-electron chi connectivity index (χ0n) is 27.1. The second kappa shape index (κ2) is 20.3. The van der Waals surface area contributed by atoms with Crippen molar-refractivity contribution in [3.8, 4) is 5.75 Å². The number of unbranched alkanes of at least 4 members (excludes halogenated alkanes) is 1. The molecular formula is C33H48F3N3O9. The molecule has 15 heteroatoms. The van der Waals surface area contributed by atoms with Crippen LogP contribution in [0.1, 0.15) is 50.5 Å². The number of hydrogen-bond donors (Lipinski definition) is 3. The van der Waals surface area contributed by atoms with Crippen LogP contribution < -0.4 is 4.74 Å². The standard InChI is InChI=1S/C33H48F3N3O9/c34-33(35,36)25-8-5-9-27(22-25)47-24-26(40)12-13-29-28(30(41)23-31(29)42)10-3-1-2-4-11-32(43)46-20-6-14-37-16-18-38(19-17-37)15-7-21-48-39(44)45/h1,3,5,8-9,12-13,22,26,28-31,40-42H,2,4,6-7,10-11,14-21,23-24H2/b3-1-,13-12+/t26-,28-,29-,30+,31-/m1/s1. The second-order valence-corrected chi connectivity index (χ2v) is 12.2. The number of esters is 1. The van der Waals surface area contributed by atoms with E-state index < -0.39 is 41.1 Å². The predicted octanol–water partition coefficient (Wildman–Crippen LogP) is 3.63. The maximum atomic E-state index is 12.9. The molecule has 1 aromatic rings. The van der Waals surface area contributed by atoms with Crippen molar-refractivity contribution >= 4 is 5.97 Å². The maximum absolute atomic E-state index is 12.9. The first kappa shape index (κ1) is 39.2. The first-order chi connectivity index (χ1) is 22.9. The van der Waals surface area contributed by atoms with Gasteiger partial charge in [-0.25, -0.2) is 0 Å². The molecule has 1 heterocycles. The molecule has 0 bridgehead atoms. The van der Waals surface area contributed by atoms with Crippen LogP contribution in [0.5, 0.6) is 5.75 Å². The van der Waals surface area contributed by atoms with Gasteiger partial charge in [-0.3, -0.25) is 4.79 Å². The highest BCUT2D eigenvalue weighted by Gasteiger charge is 2.39. The molecule has 12 nitrogen and oxygen atoms in total. The summed E-state index contributed by atoms with van der Waals surface area (Å²) < 4.78 is 49.4. The average Bonchev–Trinajstić information content (AvgIpc) is 3.32. The van der Waals surface area contributed by atoms with Crippen molar-refractivity contribution in [2.45, 2.75) is 69.4 Å². The Balaban J connectivity index is 1.26. The Hall–Kier alpha value is -3.24. The quantitative estimate of drug-likeness (QED) is 0.0605. The third-order valence-corrected chi connectivity index (χ3v) is 8.54. The summed E-state index contributed by atoms with van der Waals surface area (Å²) in [4.78, 5) is 31.2. The average molecular weight is 688 g/mol. The fourth-order valence-electron chi connectivity index (χ4n) is 5.91. The Morgan fingerprint density at radius 1 is 1.04 bits per heavy atom. The van der Waals surface area contributed by atoms with Gasteiger partial charge in [0.15, 0.2) is 0 Å². The van der Waals surface area contributed by atoms with Gasteiger partial charge < -0.3 is 39.4 Å². The van der Waals surface area contributed by atoms with Crippen LogP contribution in [0.2, 0.25) is 0 Å². The van der Waals surface area contributed by atoms with Gasteiger partial charge in [-0.15, -0.1) is 10.1 Å². The largest absolute Gasteiger partial charge is 0.491 e. The summed E-state index contributed by atoms with van der Waals surface area (Å²) in [6.07, 6.45) is 3.29. The van der Waals surface area contributed by atoms with Crippen LogP contribution in [0, 0.1) is 22.0 Å². The number of halogens is 3. The molecule has 1 aromatic carbocycles. The summed E-state index contributed by atoms with van der Waals surface area (Å²) in [5, 5.41) is 40.6. The molecule has 0 radical (unpaired) electrons. The summed E-state index contributed by atoms with van der Waals surface area (Å²) in [7, 11) is 0. The Bertz CT molecular complexity index is 1180. The predicted molar refractivity (Wildman–Crippen MR) is 169 cm³/mol. The fourth-order valence-corrected chi connectivity index (χ4v) is 5.91. The minimum absolute atomic E-state index is 0.0225. The summed E-state index contributed by atoms with van der Waals surface area (Å²) in [5.74, 6) is -0.979. The van der Waals surface area contributed by atoms with E-state index in [0.717, 1.165) is 57.8 Å². The van der Waals surface area contributed by atoms with Gasteiger partial charge in [0, 0.05) is 58.0 Å². The van der Waals surface area contributed by atoms with Gasteiger partial charge in [0.1, 0.15) is 18.5 Å². The first-order valence-electron chi connectivity index (χ1n) is 16.5. The molecular weight excluding hydrogens is 639 g/mol. The highest BCUT2D eigenvalue weighted by molar-refractivity contribution is 5.69. The number of nitrogens with zero attached hydrogens (tertiary/aromatic N) is 3. The number of benzene rings is 1. The Kier molecular flexibility index (Phi) is 16.6. The van der Waals surface area contributed by atoms with E-state index in [4.69, 9.17) is 9.47 Å². The van der Waals surface area contributed by atoms with Crippen molar-refractivity contribution in [1.82, 2.24) is 9.80 Å². The van der Waals surface area contributed by atoms with Crippen LogP contribution in [0.3, 0.4) is 0 Å². The van der Waals surface area contributed by atoms with Gasteiger partial charge in [-0.05, 0) is 56.2 Å². The lowest BCUT2D eigenvalue weighted by Crippen LogP contribution is -2.47. The summed E-state index contributed by atoms with van der Waals surface area (Å²) >= 11 is 0. The zero-order chi connectivity index (χ0) is 34.9. The molecule has 3 N–H and O–H groups in total. The molecule has 2 fully saturated rings. The normalized spacial score (nSPS) is 23.1. The molecule has 1 aliphatic carbocycles. The Morgan fingerprint density at radius 3 is 2.40 bits per heavy atom. The Labute approximate surface area is 278 Å². The molecule has 3 rings (SSSR count). The van der Waals surface area contributed by atoms with Crippen molar-refractivity contribution in [3.05, 3.63) is 64.2 Å². The van der Waals surface area contributed by atoms with E-state index in [9.17, 15) is 43.4 Å². The maximum Gasteiger partial charge on any atom is 0.416 e.